The largest absolute Gasteiger partial charge is 0.439 e. The standard InChI is InChI=1S/C46H34N4O2/c1-27-23-38(40-22-18-32-16-20-36-30(4)26-42(50-46(36)44(32)48-40)52-34-13-9-6-10-14-34)28(2)24-37(27)39-21-17-31-15-19-35-29(3)25-41(49-45(35)43(31)47-39)51-33-11-7-5-8-12-33/h5-26H,1-4H3. The molecule has 0 atom stereocenters. The molecule has 4 heterocycles. The third kappa shape index (κ3) is 5.64. The topological polar surface area (TPSA) is 70.0 Å². The minimum absolute atomic E-state index is 0.549. The normalized spacial score (nSPS) is 11.5. The van der Waals surface area contributed by atoms with Crippen LogP contribution in [-0.4, -0.2) is 19.9 Å². The third-order valence-corrected chi connectivity index (χ3v) is 9.70. The van der Waals surface area contributed by atoms with Crippen LogP contribution in [0.25, 0.3) is 66.1 Å². The molecule has 0 spiro atoms. The molecule has 9 rings (SSSR count). The van der Waals surface area contributed by atoms with Gasteiger partial charge in [0.15, 0.2) is 0 Å². The average molecular weight is 675 g/mol. The van der Waals surface area contributed by atoms with Crippen LogP contribution in [0, 0.1) is 27.7 Å². The molecule has 0 aliphatic rings. The van der Waals surface area contributed by atoms with E-state index in [4.69, 9.17) is 29.4 Å². The van der Waals surface area contributed by atoms with Crippen LogP contribution >= 0.6 is 0 Å². The van der Waals surface area contributed by atoms with Gasteiger partial charge in [0.2, 0.25) is 11.8 Å². The van der Waals surface area contributed by atoms with Gasteiger partial charge in [0.05, 0.1) is 22.4 Å². The number of aromatic nitrogens is 4. The Morgan fingerprint density at radius 3 is 1.19 bits per heavy atom. The Morgan fingerprint density at radius 2 is 0.769 bits per heavy atom. The van der Waals surface area contributed by atoms with Gasteiger partial charge in [-0.05, 0) is 98.5 Å². The Hall–Kier alpha value is -6.66. The Balaban J connectivity index is 1.12. The zero-order valence-corrected chi connectivity index (χ0v) is 29.3. The lowest BCUT2D eigenvalue weighted by atomic mass is 9.95. The Morgan fingerprint density at radius 1 is 0.365 bits per heavy atom. The van der Waals surface area contributed by atoms with Crippen molar-refractivity contribution in [1.29, 1.82) is 0 Å². The first-order valence-corrected chi connectivity index (χ1v) is 17.4. The van der Waals surface area contributed by atoms with E-state index < -0.39 is 0 Å². The molecule has 0 fully saturated rings. The van der Waals surface area contributed by atoms with Crippen molar-refractivity contribution < 1.29 is 9.47 Å². The second-order valence-electron chi connectivity index (χ2n) is 13.3. The summed E-state index contributed by atoms with van der Waals surface area (Å²) in [6.45, 7) is 8.44. The number of hydrogen-bond acceptors (Lipinski definition) is 6. The van der Waals surface area contributed by atoms with Crippen LogP contribution < -0.4 is 9.47 Å². The highest BCUT2D eigenvalue weighted by atomic mass is 16.5. The van der Waals surface area contributed by atoms with E-state index >= 15 is 0 Å². The quantitative estimate of drug-likeness (QED) is 0.164. The van der Waals surface area contributed by atoms with Crippen LogP contribution in [0.15, 0.2) is 133 Å². The van der Waals surface area contributed by atoms with Crippen LogP contribution in [0.1, 0.15) is 22.3 Å². The number of para-hydroxylation sites is 2. The molecule has 250 valence electrons. The number of rotatable bonds is 6. The summed E-state index contributed by atoms with van der Waals surface area (Å²) in [5.74, 6) is 2.59. The van der Waals surface area contributed by atoms with Crippen molar-refractivity contribution in [2.24, 2.45) is 0 Å². The molecule has 0 saturated heterocycles. The summed E-state index contributed by atoms with van der Waals surface area (Å²) in [7, 11) is 0. The zero-order valence-electron chi connectivity index (χ0n) is 29.3. The van der Waals surface area contributed by atoms with Gasteiger partial charge in [-0.1, -0.05) is 72.8 Å². The summed E-state index contributed by atoms with van der Waals surface area (Å²) in [6.07, 6.45) is 0. The monoisotopic (exact) mass is 674 g/mol. The highest BCUT2D eigenvalue weighted by molar-refractivity contribution is 6.06. The molecule has 6 nitrogen and oxygen atoms in total. The molecule has 9 aromatic rings. The van der Waals surface area contributed by atoms with Crippen LogP contribution in [0.3, 0.4) is 0 Å². The molecule has 0 saturated carbocycles. The number of hydrogen-bond donors (Lipinski definition) is 0. The SMILES string of the molecule is Cc1cc(-c2ccc3ccc4c(C)cc(Oc5ccccc5)nc4c3n2)c(C)cc1-c1ccc2ccc3c(C)cc(Oc4ccccc4)nc3c2n1. The Labute approximate surface area is 301 Å². The minimum Gasteiger partial charge on any atom is -0.439 e. The maximum absolute atomic E-state index is 6.15. The highest BCUT2D eigenvalue weighted by Gasteiger charge is 2.16. The molecule has 0 unspecified atom stereocenters. The molecular weight excluding hydrogens is 641 g/mol. The predicted octanol–water partition coefficient (Wildman–Crippen LogP) is 12.0. The van der Waals surface area contributed by atoms with E-state index in [-0.39, 0.29) is 0 Å². The lowest BCUT2D eigenvalue weighted by molar-refractivity contribution is 0.464. The van der Waals surface area contributed by atoms with Gasteiger partial charge >= 0.3 is 0 Å². The van der Waals surface area contributed by atoms with E-state index in [0.717, 1.165) is 99.9 Å². The number of benzene rings is 5. The van der Waals surface area contributed by atoms with Gasteiger partial charge in [-0.3, -0.25) is 0 Å². The fourth-order valence-corrected chi connectivity index (χ4v) is 7.01. The van der Waals surface area contributed by atoms with Crippen molar-refractivity contribution in [3.05, 3.63) is 156 Å². The maximum Gasteiger partial charge on any atom is 0.220 e. The van der Waals surface area contributed by atoms with Gasteiger partial charge in [-0.25, -0.2) is 19.9 Å². The van der Waals surface area contributed by atoms with E-state index in [0.29, 0.717) is 11.8 Å². The van der Waals surface area contributed by atoms with E-state index in [1.165, 1.54) is 0 Å². The summed E-state index contributed by atoms with van der Waals surface area (Å²) in [4.78, 5) is 20.4. The van der Waals surface area contributed by atoms with Gasteiger partial charge in [0.1, 0.15) is 22.5 Å². The third-order valence-electron chi connectivity index (χ3n) is 9.70. The highest BCUT2D eigenvalue weighted by Crippen LogP contribution is 2.36. The molecule has 0 aliphatic carbocycles. The molecule has 6 heteroatoms. The van der Waals surface area contributed by atoms with E-state index in [1.54, 1.807) is 0 Å². The smallest absolute Gasteiger partial charge is 0.220 e. The minimum atomic E-state index is 0.549. The fourth-order valence-electron chi connectivity index (χ4n) is 7.01. The Kier molecular flexibility index (Phi) is 7.58. The second kappa shape index (κ2) is 12.6. The van der Waals surface area contributed by atoms with Crippen LogP contribution in [0.4, 0.5) is 0 Å². The van der Waals surface area contributed by atoms with Crippen molar-refractivity contribution >= 4 is 43.6 Å². The van der Waals surface area contributed by atoms with Crippen LogP contribution in [-0.2, 0) is 0 Å². The van der Waals surface area contributed by atoms with Crippen molar-refractivity contribution in [2.45, 2.75) is 27.7 Å². The summed E-state index contributed by atoms with van der Waals surface area (Å²) in [5, 5.41) is 4.16. The lowest BCUT2D eigenvalue weighted by Crippen LogP contribution is -1.97. The molecule has 5 aromatic carbocycles. The van der Waals surface area contributed by atoms with Gasteiger partial charge in [-0.15, -0.1) is 0 Å². The Bertz CT molecular complexity index is 2640. The fraction of sp³-hybridized carbons (Fsp3) is 0.0870. The first-order valence-electron chi connectivity index (χ1n) is 17.4. The van der Waals surface area contributed by atoms with Crippen molar-refractivity contribution in [1.82, 2.24) is 19.9 Å². The number of pyridine rings is 4. The number of fused-ring (bicyclic) bond motifs is 6. The van der Waals surface area contributed by atoms with Gasteiger partial charge in [0, 0.05) is 44.8 Å². The molecule has 52 heavy (non-hydrogen) atoms. The second-order valence-corrected chi connectivity index (χ2v) is 13.3. The van der Waals surface area contributed by atoms with E-state index in [9.17, 15) is 0 Å². The van der Waals surface area contributed by atoms with E-state index in [2.05, 4.69) is 88.4 Å². The van der Waals surface area contributed by atoms with Crippen molar-refractivity contribution in [3.8, 4) is 45.8 Å². The van der Waals surface area contributed by atoms with Crippen molar-refractivity contribution in [2.75, 3.05) is 0 Å². The van der Waals surface area contributed by atoms with Crippen molar-refractivity contribution in [3.63, 3.8) is 0 Å². The van der Waals surface area contributed by atoms with Gasteiger partial charge < -0.3 is 9.47 Å². The van der Waals surface area contributed by atoms with E-state index in [1.807, 2.05) is 72.8 Å². The predicted molar refractivity (Wildman–Crippen MR) is 210 cm³/mol. The summed E-state index contributed by atoms with van der Waals surface area (Å²) in [6, 6.07) is 44.8. The summed E-state index contributed by atoms with van der Waals surface area (Å²) in [5.41, 5.74) is 11.7. The summed E-state index contributed by atoms with van der Waals surface area (Å²) < 4.78 is 12.3. The molecule has 0 bridgehead atoms. The maximum atomic E-state index is 6.15. The lowest BCUT2D eigenvalue weighted by Gasteiger charge is -2.14. The van der Waals surface area contributed by atoms with Gasteiger partial charge in [-0.2, -0.15) is 0 Å². The average Bonchev–Trinajstić information content (AvgIpc) is 3.16. The number of aryl methyl sites for hydroxylation is 4. The molecule has 0 radical (unpaired) electrons. The van der Waals surface area contributed by atoms with Gasteiger partial charge in [0.25, 0.3) is 0 Å². The molecule has 0 amide bonds. The summed E-state index contributed by atoms with van der Waals surface area (Å²) >= 11 is 0. The molecular formula is C46H34N4O2. The number of ether oxygens (including phenoxy) is 2. The molecule has 0 aliphatic heterocycles. The van der Waals surface area contributed by atoms with Crippen LogP contribution in [0.5, 0.6) is 23.3 Å². The zero-order chi connectivity index (χ0) is 35.3. The first kappa shape index (κ1) is 31.3. The number of nitrogens with zero attached hydrogens (tertiary/aromatic N) is 4. The van der Waals surface area contributed by atoms with Crippen LogP contribution in [0.2, 0.25) is 0 Å². The molecule has 4 aromatic heterocycles. The first-order chi connectivity index (χ1) is 25.4. The molecule has 0 N–H and O–H groups in total.